The van der Waals surface area contributed by atoms with Gasteiger partial charge >= 0.3 is 0 Å². The molecule has 1 atom stereocenters. The Morgan fingerprint density at radius 3 is 2.41 bits per heavy atom. The lowest BCUT2D eigenvalue weighted by atomic mass is 10.0. The summed E-state index contributed by atoms with van der Waals surface area (Å²) in [5.41, 5.74) is 7.63. The fraction of sp³-hybridized carbons (Fsp3) is 0.591. The summed E-state index contributed by atoms with van der Waals surface area (Å²) in [5.74, 6) is 0.318. The maximum absolute atomic E-state index is 11.6. The molecule has 1 aromatic heterocycles. The standard InChI is InChI=1S/C22H34N4O3/c1-2-3-4-5-6-7-8-9-10-17-11-13-18(14-12-17)21-25-20(29-26-21)15-24-22(28)19(23)16-27/h11-14,19,27H,2-10,15-16,23H2,1H3,(H,24,28)/t19-/m0/s1. The number of amides is 1. The number of aryl methyl sites for hydroxylation is 1. The summed E-state index contributed by atoms with van der Waals surface area (Å²) in [7, 11) is 0. The topological polar surface area (TPSA) is 114 Å². The molecule has 0 fully saturated rings. The normalized spacial score (nSPS) is 12.1. The molecule has 2 rings (SSSR count). The predicted molar refractivity (Wildman–Crippen MR) is 113 cm³/mol. The second-order valence-corrected chi connectivity index (χ2v) is 7.44. The number of benzene rings is 1. The zero-order valence-corrected chi connectivity index (χ0v) is 17.4. The van der Waals surface area contributed by atoms with E-state index in [1.54, 1.807) is 0 Å². The van der Waals surface area contributed by atoms with Crippen LogP contribution < -0.4 is 11.1 Å². The number of aliphatic hydroxyl groups excluding tert-OH is 1. The molecule has 7 nitrogen and oxygen atoms in total. The average Bonchev–Trinajstić information content (AvgIpc) is 3.22. The molecule has 0 aliphatic heterocycles. The summed E-state index contributed by atoms with van der Waals surface area (Å²) in [5, 5.41) is 15.4. The van der Waals surface area contributed by atoms with E-state index < -0.39 is 18.6 Å². The lowest BCUT2D eigenvalue weighted by molar-refractivity contribution is -0.123. The van der Waals surface area contributed by atoms with Gasteiger partial charge in [0.1, 0.15) is 6.04 Å². The smallest absolute Gasteiger partial charge is 0.246 e. The molecule has 0 unspecified atom stereocenters. The summed E-state index contributed by atoms with van der Waals surface area (Å²) in [6.45, 7) is 1.92. The van der Waals surface area contributed by atoms with Crippen molar-refractivity contribution >= 4 is 5.91 Å². The van der Waals surface area contributed by atoms with Crippen molar-refractivity contribution in [3.8, 4) is 11.4 Å². The molecule has 0 aliphatic rings. The number of aromatic nitrogens is 2. The van der Waals surface area contributed by atoms with Crippen molar-refractivity contribution in [3.05, 3.63) is 35.7 Å². The SMILES string of the molecule is CCCCCCCCCCc1ccc(-c2noc(CNC(=O)[C@@H](N)CO)n2)cc1. The van der Waals surface area contributed by atoms with Crippen LogP contribution in [0.5, 0.6) is 0 Å². The summed E-state index contributed by atoms with van der Waals surface area (Å²) < 4.78 is 5.16. The van der Waals surface area contributed by atoms with E-state index in [1.165, 1.54) is 56.9 Å². The Morgan fingerprint density at radius 1 is 1.10 bits per heavy atom. The third kappa shape index (κ3) is 8.33. The van der Waals surface area contributed by atoms with Gasteiger partial charge in [-0.15, -0.1) is 0 Å². The number of carbonyl (C=O) groups excluding carboxylic acids is 1. The summed E-state index contributed by atoms with van der Waals surface area (Å²) in [4.78, 5) is 15.9. The second-order valence-electron chi connectivity index (χ2n) is 7.44. The van der Waals surface area contributed by atoms with Gasteiger partial charge in [-0.3, -0.25) is 4.79 Å². The van der Waals surface area contributed by atoms with Crippen molar-refractivity contribution in [2.24, 2.45) is 5.73 Å². The van der Waals surface area contributed by atoms with Crippen LogP contribution in [0.2, 0.25) is 0 Å². The first kappa shape index (κ1) is 23.0. The highest BCUT2D eigenvalue weighted by atomic mass is 16.5. The fourth-order valence-corrected chi connectivity index (χ4v) is 3.10. The highest BCUT2D eigenvalue weighted by Crippen LogP contribution is 2.18. The van der Waals surface area contributed by atoms with E-state index in [-0.39, 0.29) is 6.54 Å². The van der Waals surface area contributed by atoms with Crippen LogP contribution in [0, 0.1) is 0 Å². The molecule has 0 bridgehead atoms. The van der Waals surface area contributed by atoms with Crippen LogP contribution in [0.4, 0.5) is 0 Å². The van der Waals surface area contributed by atoms with E-state index >= 15 is 0 Å². The first-order valence-corrected chi connectivity index (χ1v) is 10.7. The lowest BCUT2D eigenvalue weighted by Crippen LogP contribution is -2.42. The van der Waals surface area contributed by atoms with Crippen molar-refractivity contribution in [1.29, 1.82) is 0 Å². The van der Waals surface area contributed by atoms with Crippen LogP contribution in [0.15, 0.2) is 28.8 Å². The van der Waals surface area contributed by atoms with Crippen LogP contribution in [0.25, 0.3) is 11.4 Å². The van der Waals surface area contributed by atoms with Crippen LogP contribution in [-0.4, -0.2) is 33.8 Å². The third-order valence-corrected chi connectivity index (χ3v) is 4.95. The largest absolute Gasteiger partial charge is 0.394 e. The Bertz CT molecular complexity index is 715. The third-order valence-electron chi connectivity index (χ3n) is 4.95. The minimum absolute atomic E-state index is 0.0794. The minimum atomic E-state index is -0.953. The number of unbranched alkanes of at least 4 members (excludes halogenated alkanes) is 7. The molecule has 1 heterocycles. The molecule has 2 aromatic rings. The number of rotatable bonds is 14. The Labute approximate surface area is 173 Å². The van der Waals surface area contributed by atoms with Crippen LogP contribution in [0.1, 0.15) is 69.7 Å². The van der Waals surface area contributed by atoms with Gasteiger partial charge in [-0.2, -0.15) is 4.98 Å². The number of aliphatic hydroxyl groups is 1. The van der Waals surface area contributed by atoms with Crippen LogP contribution in [0.3, 0.4) is 0 Å². The quantitative estimate of drug-likeness (QED) is 0.418. The van der Waals surface area contributed by atoms with Gasteiger partial charge in [0.15, 0.2) is 0 Å². The maximum Gasteiger partial charge on any atom is 0.246 e. The number of nitrogens with zero attached hydrogens (tertiary/aromatic N) is 2. The van der Waals surface area contributed by atoms with Gasteiger partial charge in [0.05, 0.1) is 13.2 Å². The van der Waals surface area contributed by atoms with E-state index in [9.17, 15) is 4.79 Å². The van der Waals surface area contributed by atoms with Crippen molar-refractivity contribution in [3.63, 3.8) is 0 Å². The van der Waals surface area contributed by atoms with Crippen molar-refractivity contribution in [1.82, 2.24) is 15.5 Å². The number of nitrogens with one attached hydrogen (secondary N) is 1. The molecule has 160 valence electrons. The minimum Gasteiger partial charge on any atom is -0.394 e. The van der Waals surface area contributed by atoms with Gasteiger partial charge < -0.3 is 20.7 Å². The molecule has 29 heavy (non-hydrogen) atoms. The highest BCUT2D eigenvalue weighted by molar-refractivity contribution is 5.81. The molecule has 0 saturated heterocycles. The van der Waals surface area contributed by atoms with E-state index in [4.69, 9.17) is 15.4 Å². The molecule has 0 aliphatic carbocycles. The number of carbonyl (C=O) groups is 1. The Hall–Kier alpha value is -2.25. The number of nitrogens with two attached hydrogens (primary N) is 1. The predicted octanol–water partition coefficient (Wildman–Crippen LogP) is 3.36. The van der Waals surface area contributed by atoms with E-state index in [0.717, 1.165) is 12.0 Å². The fourth-order valence-electron chi connectivity index (χ4n) is 3.10. The van der Waals surface area contributed by atoms with Gasteiger partial charge in [-0.05, 0) is 18.4 Å². The van der Waals surface area contributed by atoms with Gasteiger partial charge in [0.2, 0.25) is 17.6 Å². The summed E-state index contributed by atoms with van der Waals surface area (Å²) >= 11 is 0. The first-order chi connectivity index (χ1) is 14.1. The van der Waals surface area contributed by atoms with Crippen molar-refractivity contribution in [2.75, 3.05) is 6.61 Å². The average molecular weight is 403 g/mol. The Balaban J connectivity index is 1.72. The lowest BCUT2D eigenvalue weighted by Gasteiger charge is -2.06. The molecule has 1 amide bonds. The zero-order valence-electron chi connectivity index (χ0n) is 17.4. The zero-order chi connectivity index (χ0) is 20.9. The second kappa shape index (κ2) is 13.1. The highest BCUT2D eigenvalue weighted by Gasteiger charge is 2.14. The van der Waals surface area contributed by atoms with Gasteiger partial charge in [-0.25, -0.2) is 0 Å². The number of hydrogen-bond acceptors (Lipinski definition) is 6. The monoisotopic (exact) mass is 402 g/mol. The molecule has 0 saturated carbocycles. The summed E-state index contributed by atoms with van der Waals surface area (Å²) in [6, 6.07) is 7.25. The van der Waals surface area contributed by atoms with Crippen LogP contribution in [-0.2, 0) is 17.8 Å². The van der Waals surface area contributed by atoms with Gasteiger partial charge in [0, 0.05) is 5.56 Å². The van der Waals surface area contributed by atoms with Crippen LogP contribution >= 0.6 is 0 Å². The summed E-state index contributed by atoms with van der Waals surface area (Å²) in [6.07, 6.45) is 11.7. The van der Waals surface area contributed by atoms with Crippen molar-refractivity contribution < 1.29 is 14.4 Å². The van der Waals surface area contributed by atoms with Crippen molar-refractivity contribution in [2.45, 2.75) is 77.3 Å². The molecule has 0 radical (unpaired) electrons. The first-order valence-electron chi connectivity index (χ1n) is 10.7. The Morgan fingerprint density at radius 2 is 1.76 bits per heavy atom. The van der Waals surface area contributed by atoms with E-state index in [2.05, 4.69) is 34.5 Å². The van der Waals surface area contributed by atoms with Gasteiger partial charge in [0.25, 0.3) is 0 Å². The van der Waals surface area contributed by atoms with Gasteiger partial charge in [-0.1, -0.05) is 81.3 Å². The molecule has 7 heteroatoms. The molecular formula is C22H34N4O3. The Kier molecular flexibility index (Phi) is 10.4. The van der Waals surface area contributed by atoms with E-state index in [1.807, 2.05) is 12.1 Å². The van der Waals surface area contributed by atoms with E-state index in [0.29, 0.717) is 11.7 Å². The number of hydrogen-bond donors (Lipinski definition) is 3. The molecular weight excluding hydrogens is 368 g/mol. The maximum atomic E-state index is 11.6. The molecule has 4 N–H and O–H groups in total. The molecule has 0 spiro atoms. The molecule has 1 aromatic carbocycles.